The van der Waals surface area contributed by atoms with Crippen molar-refractivity contribution in [1.29, 1.82) is 0 Å². The van der Waals surface area contributed by atoms with Gasteiger partial charge in [-0.3, -0.25) is 0 Å². The molecule has 0 bridgehead atoms. The first-order valence-electron chi connectivity index (χ1n) is 6.86. The zero-order chi connectivity index (χ0) is 15.3. The highest BCUT2D eigenvalue weighted by molar-refractivity contribution is 7.98. The van der Waals surface area contributed by atoms with Crippen molar-refractivity contribution in [3.05, 3.63) is 23.6 Å². The molecule has 0 aromatic carbocycles. The highest BCUT2D eigenvalue weighted by atomic mass is 32.2. The van der Waals surface area contributed by atoms with E-state index in [2.05, 4.69) is 44.3 Å². The summed E-state index contributed by atoms with van der Waals surface area (Å²) in [7, 11) is 1.90. The minimum absolute atomic E-state index is 0.0338. The van der Waals surface area contributed by atoms with Crippen molar-refractivity contribution < 1.29 is 4.39 Å². The molecular formula is C15H26FN3S. The predicted octanol–water partition coefficient (Wildman–Crippen LogP) is 3.30. The molecule has 1 atom stereocenters. The predicted molar refractivity (Wildman–Crippen MR) is 87.0 cm³/mol. The fourth-order valence-electron chi connectivity index (χ4n) is 1.78. The smallest absolute Gasteiger partial charge is 0.170 e. The fraction of sp³-hybridized carbons (Fsp3) is 0.667. The second-order valence-electron chi connectivity index (χ2n) is 6.13. The van der Waals surface area contributed by atoms with E-state index in [1.807, 2.05) is 11.9 Å². The summed E-state index contributed by atoms with van der Waals surface area (Å²) in [5.41, 5.74) is 0.626. The van der Waals surface area contributed by atoms with E-state index < -0.39 is 0 Å². The van der Waals surface area contributed by atoms with E-state index in [-0.39, 0.29) is 17.4 Å². The van der Waals surface area contributed by atoms with Gasteiger partial charge < -0.3 is 10.2 Å². The van der Waals surface area contributed by atoms with Crippen LogP contribution in [0.5, 0.6) is 0 Å². The molecule has 5 heteroatoms. The van der Waals surface area contributed by atoms with Crippen molar-refractivity contribution in [3.63, 3.8) is 0 Å². The number of pyridine rings is 1. The van der Waals surface area contributed by atoms with Crippen LogP contribution in [0.4, 0.5) is 10.2 Å². The second-order valence-corrected chi connectivity index (χ2v) is 7.04. The van der Waals surface area contributed by atoms with Gasteiger partial charge in [0, 0.05) is 42.7 Å². The van der Waals surface area contributed by atoms with Crippen LogP contribution in [0.3, 0.4) is 0 Å². The number of aromatic nitrogens is 1. The average molecular weight is 299 g/mol. The van der Waals surface area contributed by atoms with E-state index in [1.54, 1.807) is 24.0 Å². The van der Waals surface area contributed by atoms with Crippen molar-refractivity contribution in [3.8, 4) is 0 Å². The number of halogens is 1. The van der Waals surface area contributed by atoms with Crippen LogP contribution in [0.2, 0.25) is 0 Å². The summed E-state index contributed by atoms with van der Waals surface area (Å²) < 4.78 is 14.5. The highest BCUT2D eigenvalue weighted by Gasteiger charge is 2.18. The first-order chi connectivity index (χ1) is 9.26. The van der Waals surface area contributed by atoms with Crippen LogP contribution in [0.1, 0.15) is 33.3 Å². The monoisotopic (exact) mass is 299 g/mol. The van der Waals surface area contributed by atoms with Gasteiger partial charge in [0.1, 0.15) is 0 Å². The third-order valence-corrected chi connectivity index (χ3v) is 3.98. The maximum atomic E-state index is 14.5. The zero-order valence-corrected chi connectivity index (χ0v) is 14.1. The minimum Gasteiger partial charge on any atom is -0.354 e. The molecule has 0 amide bonds. The van der Waals surface area contributed by atoms with Crippen molar-refractivity contribution in [2.24, 2.45) is 0 Å². The van der Waals surface area contributed by atoms with Gasteiger partial charge in [0.25, 0.3) is 0 Å². The zero-order valence-electron chi connectivity index (χ0n) is 13.3. The van der Waals surface area contributed by atoms with Gasteiger partial charge >= 0.3 is 0 Å². The normalized spacial score (nSPS) is 13.3. The van der Waals surface area contributed by atoms with Crippen molar-refractivity contribution in [2.75, 3.05) is 24.0 Å². The Morgan fingerprint density at radius 3 is 2.65 bits per heavy atom. The SMILES string of the molecule is CSCC(C)N(C)c1nccc(CNC(C)(C)C)c1F. The van der Waals surface area contributed by atoms with Gasteiger partial charge in [0.2, 0.25) is 0 Å². The summed E-state index contributed by atoms with van der Waals surface area (Å²) in [5, 5.41) is 3.31. The Morgan fingerprint density at radius 2 is 2.10 bits per heavy atom. The quantitative estimate of drug-likeness (QED) is 0.872. The molecule has 1 unspecified atom stereocenters. The van der Waals surface area contributed by atoms with Crippen molar-refractivity contribution >= 4 is 17.6 Å². The Kier molecular flexibility index (Phi) is 6.27. The average Bonchev–Trinajstić information content (AvgIpc) is 2.36. The summed E-state index contributed by atoms with van der Waals surface area (Å²) >= 11 is 1.75. The van der Waals surface area contributed by atoms with E-state index in [9.17, 15) is 4.39 Å². The maximum absolute atomic E-state index is 14.5. The van der Waals surface area contributed by atoms with E-state index in [0.717, 1.165) is 5.75 Å². The molecular weight excluding hydrogens is 273 g/mol. The summed E-state index contributed by atoms with van der Waals surface area (Å²) in [6.45, 7) is 8.80. The molecule has 1 aromatic heterocycles. The number of hydrogen-bond acceptors (Lipinski definition) is 4. The topological polar surface area (TPSA) is 28.2 Å². The molecule has 0 saturated heterocycles. The summed E-state index contributed by atoms with van der Waals surface area (Å²) in [4.78, 5) is 6.11. The largest absolute Gasteiger partial charge is 0.354 e. The molecule has 3 nitrogen and oxygen atoms in total. The lowest BCUT2D eigenvalue weighted by Gasteiger charge is -2.27. The first kappa shape index (κ1) is 17.2. The number of nitrogens with zero attached hydrogens (tertiary/aromatic N) is 2. The van der Waals surface area contributed by atoms with Gasteiger partial charge in [-0.05, 0) is 40.0 Å². The number of thioether (sulfide) groups is 1. The third kappa shape index (κ3) is 4.94. The molecule has 0 saturated carbocycles. The molecule has 20 heavy (non-hydrogen) atoms. The Hall–Kier alpha value is -0.810. The lowest BCUT2D eigenvalue weighted by molar-refractivity contribution is 0.418. The Labute approximate surface area is 126 Å². The van der Waals surface area contributed by atoms with Crippen LogP contribution in [-0.4, -0.2) is 35.6 Å². The minimum atomic E-state index is -0.222. The maximum Gasteiger partial charge on any atom is 0.170 e. The number of rotatable bonds is 6. The summed E-state index contributed by atoms with van der Waals surface area (Å²) in [5.74, 6) is 1.15. The fourth-order valence-corrected chi connectivity index (χ4v) is 2.48. The molecule has 0 radical (unpaired) electrons. The van der Waals surface area contributed by atoms with Gasteiger partial charge in [-0.25, -0.2) is 9.37 Å². The van der Waals surface area contributed by atoms with Crippen LogP contribution in [-0.2, 0) is 6.54 Å². The van der Waals surface area contributed by atoms with Gasteiger partial charge in [-0.2, -0.15) is 11.8 Å². The van der Waals surface area contributed by atoms with Crippen LogP contribution < -0.4 is 10.2 Å². The van der Waals surface area contributed by atoms with Gasteiger partial charge in [-0.1, -0.05) is 0 Å². The molecule has 1 aromatic rings. The lowest BCUT2D eigenvalue weighted by atomic mass is 10.1. The van der Waals surface area contributed by atoms with E-state index in [1.165, 1.54) is 0 Å². The van der Waals surface area contributed by atoms with Crippen molar-refractivity contribution in [1.82, 2.24) is 10.3 Å². The molecule has 0 spiro atoms. The van der Waals surface area contributed by atoms with Crippen LogP contribution >= 0.6 is 11.8 Å². The third-order valence-electron chi connectivity index (χ3n) is 3.16. The molecule has 0 aliphatic heterocycles. The first-order valence-corrected chi connectivity index (χ1v) is 8.26. The van der Waals surface area contributed by atoms with Gasteiger partial charge in [0.05, 0.1) is 0 Å². The number of nitrogens with one attached hydrogen (secondary N) is 1. The summed E-state index contributed by atoms with van der Waals surface area (Å²) in [6, 6.07) is 1.99. The van der Waals surface area contributed by atoms with Crippen LogP contribution in [0.25, 0.3) is 0 Å². The molecule has 1 N–H and O–H groups in total. The Bertz CT molecular complexity index is 432. The van der Waals surface area contributed by atoms with Gasteiger partial charge in [-0.15, -0.1) is 0 Å². The van der Waals surface area contributed by atoms with Crippen molar-refractivity contribution in [2.45, 2.75) is 45.8 Å². The second kappa shape index (κ2) is 7.27. The Morgan fingerprint density at radius 1 is 1.45 bits per heavy atom. The summed E-state index contributed by atoms with van der Waals surface area (Å²) in [6.07, 6.45) is 3.73. The van der Waals surface area contributed by atoms with Crippen LogP contribution in [0.15, 0.2) is 12.3 Å². The number of anilines is 1. The molecule has 1 rings (SSSR count). The highest BCUT2D eigenvalue weighted by Crippen LogP contribution is 2.21. The van der Waals surface area contributed by atoms with E-state index in [0.29, 0.717) is 17.9 Å². The van der Waals surface area contributed by atoms with E-state index >= 15 is 0 Å². The molecule has 0 fully saturated rings. The standard InChI is InChI=1S/C15H26FN3S/c1-11(10-20-6)19(5)14-13(16)12(7-8-17-14)9-18-15(2,3)4/h7-8,11,18H,9-10H2,1-6H3. The Balaban J connectivity index is 2.89. The number of hydrogen-bond donors (Lipinski definition) is 1. The molecule has 0 aliphatic carbocycles. The van der Waals surface area contributed by atoms with Crippen LogP contribution in [0, 0.1) is 5.82 Å². The van der Waals surface area contributed by atoms with Gasteiger partial charge in [0.15, 0.2) is 11.6 Å². The lowest BCUT2D eigenvalue weighted by Crippen LogP contribution is -2.36. The van der Waals surface area contributed by atoms with E-state index in [4.69, 9.17) is 0 Å². The molecule has 0 aliphatic rings. The molecule has 1 heterocycles. The molecule has 114 valence electrons.